The normalized spacial score (nSPS) is 11.5. The Balaban J connectivity index is 1.58. The predicted octanol–water partition coefficient (Wildman–Crippen LogP) is 5.80. The van der Waals surface area contributed by atoms with E-state index in [1.54, 1.807) is 12.1 Å². The largest absolute Gasteiger partial charge is 0.488 e. The Morgan fingerprint density at radius 1 is 0.622 bits per heavy atom. The summed E-state index contributed by atoms with van der Waals surface area (Å²) in [6.07, 6.45) is 0. The Morgan fingerprint density at radius 2 is 1.30 bits per heavy atom. The minimum Gasteiger partial charge on any atom is -0.423 e. The smallest absolute Gasteiger partial charge is 0.423 e. The lowest BCUT2D eigenvalue weighted by Gasteiger charge is -2.10. The molecular weight excluding hydrogens is 477 g/mol. The SMILES string of the molecule is OB(O)c1ccc(-c2cc3c(c4ccc(-c5ccccc5)cc4n3-c3ccccc3)c3nsnc23)cc1. The maximum absolute atomic E-state index is 9.54. The van der Waals surface area contributed by atoms with Crippen molar-refractivity contribution in [2.24, 2.45) is 0 Å². The van der Waals surface area contributed by atoms with E-state index in [2.05, 4.69) is 81.7 Å². The van der Waals surface area contributed by atoms with E-state index in [0.717, 1.165) is 55.2 Å². The molecule has 37 heavy (non-hydrogen) atoms. The molecule has 0 aliphatic rings. The van der Waals surface area contributed by atoms with Gasteiger partial charge in [0.1, 0.15) is 11.0 Å². The van der Waals surface area contributed by atoms with Crippen molar-refractivity contribution in [3.05, 3.63) is 109 Å². The Hall–Kier alpha value is -4.30. The fraction of sp³-hybridized carbons (Fsp3) is 0. The third-order valence-corrected chi connectivity index (χ3v) is 7.44. The number of aromatic nitrogens is 3. The summed E-state index contributed by atoms with van der Waals surface area (Å²) in [5, 5.41) is 21.3. The van der Waals surface area contributed by atoms with Crippen molar-refractivity contribution in [2.75, 3.05) is 0 Å². The second kappa shape index (κ2) is 8.67. The fourth-order valence-corrected chi connectivity index (χ4v) is 5.71. The Labute approximate surface area is 217 Å². The van der Waals surface area contributed by atoms with Gasteiger partial charge >= 0.3 is 7.12 Å². The van der Waals surface area contributed by atoms with Crippen LogP contribution in [-0.2, 0) is 0 Å². The number of hydrogen-bond donors (Lipinski definition) is 2. The van der Waals surface area contributed by atoms with Gasteiger partial charge in [-0.15, -0.1) is 0 Å². The molecule has 2 aromatic heterocycles. The lowest BCUT2D eigenvalue weighted by molar-refractivity contribution is 0.426. The molecule has 0 spiro atoms. The molecule has 0 fully saturated rings. The van der Waals surface area contributed by atoms with Crippen LogP contribution in [-0.4, -0.2) is 30.5 Å². The summed E-state index contributed by atoms with van der Waals surface area (Å²) in [5.74, 6) is 0. The van der Waals surface area contributed by atoms with Crippen LogP contribution in [0.4, 0.5) is 0 Å². The molecule has 176 valence electrons. The Kier molecular flexibility index (Phi) is 5.14. The van der Waals surface area contributed by atoms with Gasteiger partial charge in [-0.25, -0.2) is 0 Å². The molecule has 0 radical (unpaired) electrons. The van der Waals surface area contributed by atoms with Crippen molar-refractivity contribution in [3.8, 4) is 27.9 Å². The zero-order valence-electron chi connectivity index (χ0n) is 19.6. The highest BCUT2D eigenvalue weighted by molar-refractivity contribution is 7.00. The first-order valence-electron chi connectivity index (χ1n) is 12.0. The molecule has 7 aromatic rings. The van der Waals surface area contributed by atoms with Crippen molar-refractivity contribution < 1.29 is 10.0 Å². The molecule has 0 amide bonds. The molecule has 5 aromatic carbocycles. The zero-order chi connectivity index (χ0) is 24.9. The number of fused-ring (bicyclic) bond motifs is 5. The van der Waals surface area contributed by atoms with E-state index in [9.17, 15) is 10.0 Å². The minimum atomic E-state index is -1.50. The van der Waals surface area contributed by atoms with Crippen LogP contribution < -0.4 is 5.46 Å². The van der Waals surface area contributed by atoms with Crippen LogP contribution in [0, 0.1) is 0 Å². The molecule has 0 bridgehead atoms. The summed E-state index contributed by atoms with van der Waals surface area (Å²) in [7, 11) is -1.50. The van der Waals surface area contributed by atoms with E-state index in [-0.39, 0.29) is 0 Å². The molecule has 0 aliphatic heterocycles. The van der Waals surface area contributed by atoms with E-state index in [1.807, 2.05) is 24.3 Å². The average molecular weight is 497 g/mol. The highest BCUT2D eigenvalue weighted by atomic mass is 32.1. The quantitative estimate of drug-likeness (QED) is 0.302. The van der Waals surface area contributed by atoms with Crippen molar-refractivity contribution in [1.29, 1.82) is 0 Å². The molecular formula is C30H20BN3O2S. The Morgan fingerprint density at radius 3 is 2.03 bits per heavy atom. The minimum absolute atomic E-state index is 0.448. The van der Waals surface area contributed by atoms with Crippen LogP contribution in [0.15, 0.2) is 109 Å². The molecule has 2 N–H and O–H groups in total. The summed E-state index contributed by atoms with van der Waals surface area (Å²) in [6.45, 7) is 0. The van der Waals surface area contributed by atoms with Crippen LogP contribution in [0.5, 0.6) is 0 Å². The van der Waals surface area contributed by atoms with Gasteiger partial charge < -0.3 is 14.6 Å². The molecule has 0 aliphatic carbocycles. The summed E-state index contributed by atoms with van der Waals surface area (Å²) in [5.41, 5.74) is 9.60. The number of benzene rings is 5. The molecule has 0 saturated heterocycles. The molecule has 7 rings (SSSR count). The van der Waals surface area contributed by atoms with E-state index < -0.39 is 7.12 Å². The first-order chi connectivity index (χ1) is 18.2. The topological polar surface area (TPSA) is 71.2 Å². The maximum Gasteiger partial charge on any atom is 0.488 e. The van der Waals surface area contributed by atoms with Crippen molar-refractivity contribution >= 4 is 57.1 Å². The third kappa shape index (κ3) is 3.56. The lowest BCUT2D eigenvalue weighted by atomic mass is 9.80. The number of para-hydroxylation sites is 1. The van der Waals surface area contributed by atoms with Crippen LogP contribution in [0.1, 0.15) is 0 Å². The second-order valence-corrected chi connectivity index (χ2v) is 9.57. The van der Waals surface area contributed by atoms with Crippen LogP contribution in [0.2, 0.25) is 0 Å². The van der Waals surface area contributed by atoms with Crippen LogP contribution in [0.25, 0.3) is 60.8 Å². The monoisotopic (exact) mass is 497 g/mol. The fourth-order valence-electron chi connectivity index (χ4n) is 5.15. The number of hydrogen-bond acceptors (Lipinski definition) is 5. The molecule has 5 nitrogen and oxygen atoms in total. The number of rotatable bonds is 4. The molecule has 0 saturated carbocycles. The van der Waals surface area contributed by atoms with E-state index >= 15 is 0 Å². The summed E-state index contributed by atoms with van der Waals surface area (Å²) >= 11 is 1.21. The van der Waals surface area contributed by atoms with Crippen LogP contribution >= 0.6 is 11.7 Å². The number of nitrogens with zero attached hydrogens (tertiary/aromatic N) is 3. The second-order valence-electron chi connectivity index (χ2n) is 9.04. The first kappa shape index (κ1) is 21.9. The van der Waals surface area contributed by atoms with Gasteiger partial charge in [-0.3, -0.25) is 0 Å². The van der Waals surface area contributed by atoms with Gasteiger partial charge in [-0.2, -0.15) is 8.75 Å². The maximum atomic E-state index is 9.54. The molecule has 7 heteroatoms. The lowest BCUT2D eigenvalue weighted by Crippen LogP contribution is -2.29. The van der Waals surface area contributed by atoms with Gasteiger partial charge in [0.15, 0.2) is 0 Å². The van der Waals surface area contributed by atoms with Crippen molar-refractivity contribution in [2.45, 2.75) is 0 Å². The zero-order valence-corrected chi connectivity index (χ0v) is 20.4. The summed E-state index contributed by atoms with van der Waals surface area (Å²) < 4.78 is 11.7. The molecule has 0 unspecified atom stereocenters. The predicted molar refractivity (Wildman–Crippen MR) is 152 cm³/mol. The van der Waals surface area contributed by atoms with E-state index in [0.29, 0.717) is 5.46 Å². The van der Waals surface area contributed by atoms with Crippen LogP contribution in [0.3, 0.4) is 0 Å². The van der Waals surface area contributed by atoms with Gasteiger partial charge in [0.25, 0.3) is 0 Å². The van der Waals surface area contributed by atoms with Gasteiger partial charge in [-0.05, 0) is 46.4 Å². The summed E-state index contributed by atoms with van der Waals surface area (Å²) in [4.78, 5) is 0. The van der Waals surface area contributed by atoms with Gasteiger partial charge in [-0.1, -0.05) is 84.9 Å². The van der Waals surface area contributed by atoms with Crippen molar-refractivity contribution in [1.82, 2.24) is 13.3 Å². The molecule has 0 atom stereocenters. The standard InChI is InChI=1S/C30H20BN3O2S/c35-31(36)22-14-11-20(12-15-22)25-18-27-28(30-29(25)32-37-33-30)24-16-13-21(19-7-3-1-4-8-19)17-26(24)34(27)23-9-5-2-6-10-23/h1-18,35-36H. The van der Waals surface area contributed by atoms with E-state index in [4.69, 9.17) is 4.37 Å². The third-order valence-electron chi connectivity index (χ3n) is 6.91. The Bertz CT molecular complexity index is 1900. The summed E-state index contributed by atoms with van der Waals surface area (Å²) in [6, 6.07) is 36.8. The van der Waals surface area contributed by atoms with E-state index in [1.165, 1.54) is 17.3 Å². The van der Waals surface area contributed by atoms with Gasteiger partial charge in [0.05, 0.1) is 22.8 Å². The highest BCUT2D eigenvalue weighted by Gasteiger charge is 2.21. The van der Waals surface area contributed by atoms with Gasteiger partial charge in [0.2, 0.25) is 0 Å². The van der Waals surface area contributed by atoms with Gasteiger partial charge in [0, 0.05) is 22.0 Å². The first-order valence-corrected chi connectivity index (χ1v) is 12.7. The average Bonchev–Trinajstić information content (AvgIpc) is 3.56. The molecule has 2 heterocycles. The van der Waals surface area contributed by atoms with Crippen molar-refractivity contribution in [3.63, 3.8) is 0 Å². The highest BCUT2D eigenvalue weighted by Crippen LogP contribution is 2.41.